The molecule has 1 heterocycles. The van der Waals surface area contributed by atoms with E-state index >= 15 is 0 Å². The summed E-state index contributed by atoms with van der Waals surface area (Å²) in [5, 5.41) is 5.41. The second-order valence-electron chi connectivity index (χ2n) is 5.33. The Morgan fingerprint density at radius 1 is 1.21 bits per heavy atom. The van der Waals surface area contributed by atoms with Crippen LogP contribution in [0.2, 0.25) is 5.02 Å². The molecule has 0 radical (unpaired) electrons. The average Bonchev–Trinajstić information content (AvgIpc) is 2.60. The molecule has 2 aromatic carbocycles. The molecule has 4 nitrogen and oxygen atoms in total. The predicted molar refractivity (Wildman–Crippen MR) is 98.3 cm³/mol. The maximum atomic E-state index is 12.2. The van der Waals surface area contributed by atoms with Crippen molar-refractivity contribution in [3.05, 3.63) is 65.4 Å². The van der Waals surface area contributed by atoms with Crippen LogP contribution in [0.15, 0.2) is 59.9 Å². The molecule has 1 amide bonds. The highest BCUT2D eigenvalue weighted by Crippen LogP contribution is 2.24. The first-order valence-electron chi connectivity index (χ1n) is 7.51. The van der Waals surface area contributed by atoms with E-state index in [1.54, 1.807) is 0 Å². The molecular formula is C18H16ClN3OS. The van der Waals surface area contributed by atoms with Crippen molar-refractivity contribution < 1.29 is 4.79 Å². The Bertz CT molecular complexity index is 866. The third kappa shape index (κ3) is 4.04. The molecule has 1 N–H and O–H groups in total. The summed E-state index contributed by atoms with van der Waals surface area (Å²) in [5.74, 6) is 0.251. The molecular weight excluding hydrogens is 342 g/mol. The van der Waals surface area contributed by atoms with Gasteiger partial charge in [-0.3, -0.25) is 4.79 Å². The van der Waals surface area contributed by atoms with Crippen molar-refractivity contribution in [2.24, 2.45) is 0 Å². The lowest BCUT2D eigenvalue weighted by molar-refractivity contribution is -0.119. The molecule has 1 atom stereocenters. The minimum Gasteiger partial charge on any atom is -0.349 e. The highest BCUT2D eigenvalue weighted by Gasteiger charge is 2.12. The van der Waals surface area contributed by atoms with Gasteiger partial charge in [0.1, 0.15) is 11.4 Å². The number of thioether (sulfide) groups is 1. The Morgan fingerprint density at radius 3 is 2.88 bits per heavy atom. The van der Waals surface area contributed by atoms with Crippen LogP contribution >= 0.6 is 23.4 Å². The Morgan fingerprint density at radius 2 is 2.04 bits per heavy atom. The van der Waals surface area contributed by atoms with Gasteiger partial charge in [0.2, 0.25) is 5.91 Å². The molecule has 6 heteroatoms. The van der Waals surface area contributed by atoms with E-state index in [0.717, 1.165) is 21.5 Å². The van der Waals surface area contributed by atoms with Gasteiger partial charge in [0.05, 0.1) is 17.3 Å². The molecule has 3 aromatic rings. The lowest BCUT2D eigenvalue weighted by Gasteiger charge is -2.14. The van der Waals surface area contributed by atoms with Crippen molar-refractivity contribution in [2.45, 2.75) is 18.0 Å². The van der Waals surface area contributed by atoms with Crippen LogP contribution in [0.4, 0.5) is 0 Å². The Labute approximate surface area is 149 Å². The molecule has 1 aromatic heterocycles. The van der Waals surface area contributed by atoms with Crippen molar-refractivity contribution in [1.82, 2.24) is 15.3 Å². The zero-order valence-corrected chi connectivity index (χ0v) is 14.6. The first-order chi connectivity index (χ1) is 11.6. The van der Waals surface area contributed by atoms with Gasteiger partial charge in [-0.2, -0.15) is 0 Å². The fourth-order valence-corrected chi connectivity index (χ4v) is 3.37. The molecule has 3 rings (SSSR count). The molecule has 0 aliphatic heterocycles. The van der Waals surface area contributed by atoms with E-state index in [2.05, 4.69) is 15.3 Å². The van der Waals surface area contributed by atoms with Crippen molar-refractivity contribution in [1.29, 1.82) is 0 Å². The molecule has 24 heavy (non-hydrogen) atoms. The number of benzene rings is 2. The SMILES string of the molecule is C[C@@H](NC(=O)CSc1ncnc2ccccc12)c1cccc(Cl)c1. The molecule has 0 fully saturated rings. The van der Waals surface area contributed by atoms with Crippen LogP contribution in [0.5, 0.6) is 0 Å². The molecule has 0 aliphatic carbocycles. The third-order valence-corrected chi connectivity index (χ3v) is 4.81. The van der Waals surface area contributed by atoms with Crippen LogP contribution in [0.25, 0.3) is 10.9 Å². The Balaban J connectivity index is 1.63. The van der Waals surface area contributed by atoms with Gasteiger partial charge in [0.25, 0.3) is 0 Å². The molecule has 0 spiro atoms. The standard InChI is InChI=1S/C18H16ClN3OS/c1-12(13-5-4-6-14(19)9-13)22-17(23)10-24-18-15-7-2-3-8-16(15)20-11-21-18/h2-9,11-12H,10H2,1H3,(H,22,23)/t12-/m1/s1. The monoisotopic (exact) mass is 357 g/mol. The predicted octanol–water partition coefficient (Wildman–Crippen LogP) is 4.25. The zero-order chi connectivity index (χ0) is 16.9. The van der Waals surface area contributed by atoms with Crippen molar-refractivity contribution >= 4 is 40.2 Å². The van der Waals surface area contributed by atoms with E-state index in [9.17, 15) is 4.79 Å². The van der Waals surface area contributed by atoms with Crippen LogP contribution in [0, 0.1) is 0 Å². The summed E-state index contributed by atoms with van der Waals surface area (Å²) in [4.78, 5) is 20.7. The van der Waals surface area contributed by atoms with Crippen LogP contribution in [0.1, 0.15) is 18.5 Å². The van der Waals surface area contributed by atoms with Crippen molar-refractivity contribution in [2.75, 3.05) is 5.75 Å². The number of nitrogens with zero attached hydrogens (tertiary/aromatic N) is 2. The number of hydrogen-bond acceptors (Lipinski definition) is 4. The lowest BCUT2D eigenvalue weighted by atomic mass is 10.1. The summed E-state index contributed by atoms with van der Waals surface area (Å²) in [6.07, 6.45) is 1.52. The summed E-state index contributed by atoms with van der Waals surface area (Å²) >= 11 is 7.40. The largest absolute Gasteiger partial charge is 0.349 e. The number of fused-ring (bicyclic) bond motifs is 1. The minimum absolute atomic E-state index is 0.0461. The number of amides is 1. The second-order valence-corrected chi connectivity index (χ2v) is 6.73. The first kappa shape index (κ1) is 16.7. The number of carbonyl (C=O) groups is 1. The number of para-hydroxylation sites is 1. The van der Waals surface area contributed by atoms with Gasteiger partial charge in [-0.1, -0.05) is 53.7 Å². The second kappa shape index (κ2) is 7.64. The highest BCUT2D eigenvalue weighted by atomic mass is 35.5. The molecule has 0 aliphatic rings. The molecule has 0 bridgehead atoms. The van der Waals surface area contributed by atoms with E-state index in [4.69, 9.17) is 11.6 Å². The van der Waals surface area contributed by atoms with Crippen LogP contribution in [-0.4, -0.2) is 21.6 Å². The van der Waals surface area contributed by atoms with Gasteiger partial charge >= 0.3 is 0 Å². The van der Waals surface area contributed by atoms with Gasteiger partial charge in [0, 0.05) is 10.4 Å². The van der Waals surface area contributed by atoms with Crippen molar-refractivity contribution in [3.8, 4) is 0 Å². The summed E-state index contributed by atoms with van der Waals surface area (Å²) in [6.45, 7) is 1.94. The van der Waals surface area contributed by atoms with E-state index < -0.39 is 0 Å². The Kier molecular flexibility index (Phi) is 5.33. The van der Waals surface area contributed by atoms with Gasteiger partial charge in [-0.25, -0.2) is 9.97 Å². The fraction of sp³-hybridized carbons (Fsp3) is 0.167. The highest BCUT2D eigenvalue weighted by molar-refractivity contribution is 8.00. The number of nitrogens with one attached hydrogen (secondary N) is 1. The van der Waals surface area contributed by atoms with Gasteiger partial charge in [0.15, 0.2) is 0 Å². The van der Waals surface area contributed by atoms with E-state index in [-0.39, 0.29) is 11.9 Å². The normalized spacial score (nSPS) is 12.1. The van der Waals surface area contributed by atoms with Crippen LogP contribution < -0.4 is 5.32 Å². The number of hydrogen-bond donors (Lipinski definition) is 1. The van der Waals surface area contributed by atoms with Gasteiger partial charge in [-0.15, -0.1) is 0 Å². The fourth-order valence-electron chi connectivity index (χ4n) is 2.37. The number of carbonyl (C=O) groups excluding carboxylic acids is 1. The topological polar surface area (TPSA) is 54.9 Å². The number of rotatable bonds is 5. The summed E-state index contributed by atoms with van der Waals surface area (Å²) < 4.78 is 0. The minimum atomic E-state index is -0.0982. The molecule has 0 saturated carbocycles. The summed E-state index contributed by atoms with van der Waals surface area (Å²) in [7, 11) is 0. The number of aromatic nitrogens is 2. The van der Waals surface area contributed by atoms with E-state index in [0.29, 0.717) is 10.8 Å². The quantitative estimate of drug-likeness (QED) is 0.547. The molecule has 0 unspecified atom stereocenters. The van der Waals surface area contributed by atoms with Crippen LogP contribution in [-0.2, 0) is 4.79 Å². The number of halogens is 1. The summed E-state index contributed by atoms with van der Waals surface area (Å²) in [5.41, 5.74) is 1.86. The Hall–Kier alpha value is -2.11. The average molecular weight is 358 g/mol. The third-order valence-electron chi connectivity index (χ3n) is 3.57. The lowest BCUT2D eigenvalue weighted by Crippen LogP contribution is -2.28. The molecule has 0 saturated heterocycles. The maximum Gasteiger partial charge on any atom is 0.230 e. The molecule has 122 valence electrons. The smallest absolute Gasteiger partial charge is 0.230 e. The van der Waals surface area contributed by atoms with E-state index in [1.165, 1.54) is 18.1 Å². The van der Waals surface area contributed by atoms with Gasteiger partial charge < -0.3 is 5.32 Å². The summed E-state index contributed by atoms with van der Waals surface area (Å²) in [6, 6.07) is 15.2. The van der Waals surface area contributed by atoms with E-state index in [1.807, 2.05) is 55.5 Å². The first-order valence-corrected chi connectivity index (χ1v) is 8.87. The van der Waals surface area contributed by atoms with Crippen LogP contribution in [0.3, 0.4) is 0 Å². The maximum absolute atomic E-state index is 12.2. The van der Waals surface area contributed by atoms with Gasteiger partial charge in [-0.05, 0) is 30.7 Å². The van der Waals surface area contributed by atoms with Crippen molar-refractivity contribution in [3.63, 3.8) is 0 Å². The zero-order valence-electron chi connectivity index (χ0n) is 13.1.